The van der Waals surface area contributed by atoms with Crippen LogP contribution >= 0.6 is 11.3 Å². The van der Waals surface area contributed by atoms with Crippen LogP contribution in [0, 0.1) is 0 Å². The standard InChI is InChI=1S/C25H24N4O4S/c1-4-28(17(2)30)25-26-18(16-34-25)15-33-24(31)21-14-29(19-10-6-5-7-11-19)27-23(21)20-12-8-9-13-22(20)32-3/h5-14,16H,4,15H2,1-3H3. The summed E-state index contributed by atoms with van der Waals surface area (Å²) in [5.74, 6) is -0.0189. The summed E-state index contributed by atoms with van der Waals surface area (Å²) in [7, 11) is 1.57. The quantitative estimate of drug-likeness (QED) is 0.342. The highest BCUT2D eigenvalue weighted by molar-refractivity contribution is 7.14. The Hall–Kier alpha value is -3.98. The van der Waals surface area contributed by atoms with Gasteiger partial charge in [0.05, 0.1) is 18.5 Å². The maximum absolute atomic E-state index is 13.2. The molecule has 0 fully saturated rings. The van der Waals surface area contributed by atoms with Crippen molar-refractivity contribution >= 4 is 28.3 Å². The van der Waals surface area contributed by atoms with Crippen LogP contribution in [0.1, 0.15) is 29.9 Å². The van der Waals surface area contributed by atoms with Crippen molar-refractivity contribution in [1.82, 2.24) is 14.8 Å². The summed E-state index contributed by atoms with van der Waals surface area (Å²) < 4.78 is 12.7. The van der Waals surface area contributed by atoms with Crippen molar-refractivity contribution < 1.29 is 19.1 Å². The van der Waals surface area contributed by atoms with Crippen LogP contribution in [0.15, 0.2) is 66.2 Å². The van der Waals surface area contributed by atoms with Gasteiger partial charge in [0.15, 0.2) is 5.13 Å². The molecule has 2 heterocycles. The molecular weight excluding hydrogens is 452 g/mol. The van der Waals surface area contributed by atoms with Gasteiger partial charge >= 0.3 is 5.97 Å². The van der Waals surface area contributed by atoms with E-state index in [9.17, 15) is 9.59 Å². The maximum atomic E-state index is 13.2. The van der Waals surface area contributed by atoms with Gasteiger partial charge in [-0.05, 0) is 31.2 Å². The van der Waals surface area contributed by atoms with Gasteiger partial charge in [-0.2, -0.15) is 5.10 Å². The first kappa shape index (κ1) is 23.2. The Morgan fingerprint density at radius 2 is 1.82 bits per heavy atom. The number of thiazole rings is 1. The van der Waals surface area contributed by atoms with Gasteiger partial charge in [-0.3, -0.25) is 9.69 Å². The molecule has 0 aliphatic rings. The summed E-state index contributed by atoms with van der Waals surface area (Å²) in [4.78, 5) is 30.9. The van der Waals surface area contributed by atoms with E-state index in [4.69, 9.17) is 9.47 Å². The average Bonchev–Trinajstić information content (AvgIpc) is 3.51. The molecule has 0 aliphatic heterocycles. The molecule has 34 heavy (non-hydrogen) atoms. The number of nitrogens with zero attached hydrogens (tertiary/aromatic N) is 4. The molecule has 8 nitrogen and oxygen atoms in total. The number of amides is 1. The number of carbonyl (C=O) groups excluding carboxylic acids is 2. The summed E-state index contributed by atoms with van der Waals surface area (Å²) >= 11 is 1.33. The van der Waals surface area contributed by atoms with Crippen LogP contribution < -0.4 is 9.64 Å². The lowest BCUT2D eigenvalue weighted by atomic mass is 10.1. The highest BCUT2D eigenvalue weighted by Crippen LogP contribution is 2.32. The third kappa shape index (κ3) is 4.84. The Balaban J connectivity index is 1.63. The van der Waals surface area contributed by atoms with E-state index < -0.39 is 5.97 Å². The van der Waals surface area contributed by atoms with Crippen molar-refractivity contribution in [2.75, 3.05) is 18.6 Å². The molecule has 0 aliphatic carbocycles. The van der Waals surface area contributed by atoms with Gasteiger partial charge in [-0.1, -0.05) is 30.3 Å². The van der Waals surface area contributed by atoms with Crippen LogP contribution in [0.2, 0.25) is 0 Å². The highest BCUT2D eigenvalue weighted by Gasteiger charge is 2.23. The Kier molecular flexibility index (Phi) is 7.03. The Morgan fingerprint density at radius 3 is 2.53 bits per heavy atom. The minimum atomic E-state index is -0.531. The van der Waals surface area contributed by atoms with Crippen LogP contribution in [-0.2, 0) is 16.1 Å². The molecule has 174 valence electrons. The lowest BCUT2D eigenvalue weighted by Gasteiger charge is -2.14. The SMILES string of the molecule is CCN(C(C)=O)c1nc(COC(=O)c2cn(-c3ccccc3)nc2-c2ccccc2OC)cs1. The van der Waals surface area contributed by atoms with Gasteiger partial charge in [0, 0.05) is 30.6 Å². The summed E-state index contributed by atoms with van der Waals surface area (Å²) in [5.41, 5.74) is 2.83. The van der Waals surface area contributed by atoms with Gasteiger partial charge in [-0.15, -0.1) is 11.3 Å². The molecule has 0 saturated carbocycles. The van der Waals surface area contributed by atoms with Crippen LogP contribution in [0.3, 0.4) is 0 Å². The number of benzene rings is 2. The largest absolute Gasteiger partial charge is 0.496 e. The topological polar surface area (TPSA) is 86.6 Å². The van der Waals surface area contributed by atoms with Gasteiger partial charge < -0.3 is 9.47 Å². The number of rotatable bonds is 8. The summed E-state index contributed by atoms with van der Waals surface area (Å²) in [6, 6.07) is 16.9. The van der Waals surface area contributed by atoms with Crippen LogP contribution in [0.25, 0.3) is 16.9 Å². The predicted octanol–water partition coefficient (Wildman–Crippen LogP) is 4.73. The monoisotopic (exact) mass is 476 g/mol. The summed E-state index contributed by atoms with van der Waals surface area (Å²) in [6.45, 7) is 3.87. The number of para-hydroxylation sites is 2. The van der Waals surface area contributed by atoms with Crippen molar-refractivity contribution in [3.8, 4) is 22.7 Å². The second-order valence-electron chi connectivity index (χ2n) is 7.33. The zero-order valence-electron chi connectivity index (χ0n) is 19.1. The van der Waals surface area contributed by atoms with E-state index >= 15 is 0 Å². The summed E-state index contributed by atoms with van der Waals surface area (Å²) in [6.07, 6.45) is 1.65. The zero-order valence-corrected chi connectivity index (χ0v) is 19.9. The first-order valence-electron chi connectivity index (χ1n) is 10.7. The molecule has 9 heteroatoms. The van der Waals surface area contributed by atoms with Crippen LogP contribution in [0.5, 0.6) is 5.75 Å². The number of esters is 1. The van der Waals surface area contributed by atoms with E-state index in [0.29, 0.717) is 39.9 Å². The van der Waals surface area contributed by atoms with Crippen molar-refractivity contribution in [2.45, 2.75) is 20.5 Å². The Morgan fingerprint density at radius 1 is 1.09 bits per heavy atom. The normalized spacial score (nSPS) is 10.7. The molecule has 2 aromatic carbocycles. The lowest BCUT2D eigenvalue weighted by molar-refractivity contribution is -0.116. The number of carbonyl (C=O) groups is 2. The Labute approximate surface area is 201 Å². The number of ether oxygens (including phenoxy) is 2. The van der Waals surface area contributed by atoms with Crippen LogP contribution in [0.4, 0.5) is 5.13 Å². The molecular formula is C25H24N4O4S. The first-order chi connectivity index (χ1) is 16.5. The molecule has 0 bridgehead atoms. The van der Waals surface area contributed by atoms with Crippen molar-refractivity contribution in [3.05, 3.63) is 77.4 Å². The average molecular weight is 477 g/mol. The lowest BCUT2D eigenvalue weighted by Crippen LogP contribution is -2.27. The first-order valence-corrected chi connectivity index (χ1v) is 11.6. The predicted molar refractivity (Wildman–Crippen MR) is 130 cm³/mol. The number of hydrogen-bond donors (Lipinski definition) is 0. The van der Waals surface area contributed by atoms with Gasteiger partial charge in [0.25, 0.3) is 0 Å². The second-order valence-corrected chi connectivity index (χ2v) is 8.17. The fraction of sp³-hybridized carbons (Fsp3) is 0.200. The van der Waals surface area contributed by atoms with Gasteiger partial charge in [0.1, 0.15) is 23.6 Å². The third-order valence-electron chi connectivity index (χ3n) is 5.13. The van der Waals surface area contributed by atoms with E-state index in [1.165, 1.54) is 18.3 Å². The van der Waals surface area contributed by atoms with E-state index in [0.717, 1.165) is 5.69 Å². The minimum absolute atomic E-state index is 0.0212. The van der Waals surface area contributed by atoms with E-state index in [1.54, 1.807) is 28.3 Å². The number of hydrogen-bond acceptors (Lipinski definition) is 7. The molecule has 1 amide bonds. The molecule has 0 N–H and O–H groups in total. The minimum Gasteiger partial charge on any atom is -0.496 e. The zero-order chi connectivity index (χ0) is 24.1. The van der Waals surface area contributed by atoms with E-state index in [1.807, 2.05) is 61.5 Å². The Bertz CT molecular complexity index is 1300. The van der Waals surface area contributed by atoms with Gasteiger partial charge in [0.2, 0.25) is 5.91 Å². The molecule has 4 rings (SSSR count). The third-order valence-corrected chi connectivity index (χ3v) is 6.05. The fourth-order valence-electron chi connectivity index (χ4n) is 3.47. The molecule has 0 spiro atoms. The van der Waals surface area contributed by atoms with E-state index in [2.05, 4.69) is 10.1 Å². The molecule has 0 unspecified atom stereocenters. The molecule has 0 radical (unpaired) electrons. The van der Waals surface area contributed by atoms with Crippen molar-refractivity contribution in [3.63, 3.8) is 0 Å². The molecule has 0 saturated heterocycles. The van der Waals surface area contributed by atoms with Crippen molar-refractivity contribution in [2.24, 2.45) is 0 Å². The highest BCUT2D eigenvalue weighted by atomic mass is 32.1. The maximum Gasteiger partial charge on any atom is 0.342 e. The molecule has 0 atom stereocenters. The van der Waals surface area contributed by atoms with Crippen molar-refractivity contribution in [1.29, 1.82) is 0 Å². The number of methoxy groups -OCH3 is 1. The number of anilines is 1. The van der Waals surface area contributed by atoms with Crippen LogP contribution in [-0.4, -0.2) is 40.3 Å². The smallest absolute Gasteiger partial charge is 0.342 e. The number of aromatic nitrogens is 3. The molecule has 4 aromatic rings. The fourth-order valence-corrected chi connectivity index (χ4v) is 4.39. The molecule has 2 aromatic heterocycles. The summed E-state index contributed by atoms with van der Waals surface area (Å²) in [5, 5.41) is 7.03. The second kappa shape index (κ2) is 10.3. The van der Waals surface area contributed by atoms with Gasteiger partial charge in [-0.25, -0.2) is 14.5 Å². The van der Waals surface area contributed by atoms with E-state index in [-0.39, 0.29) is 12.5 Å².